The van der Waals surface area contributed by atoms with Crippen LogP contribution in [-0.4, -0.2) is 32.6 Å². The molecule has 8 heteroatoms. The summed E-state index contributed by atoms with van der Waals surface area (Å²) in [6.07, 6.45) is 0. The van der Waals surface area contributed by atoms with Crippen molar-refractivity contribution in [1.29, 1.82) is 0 Å². The number of hydrogen-bond acceptors (Lipinski definition) is 6. The molecule has 0 aliphatic carbocycles. The van der Waals surface area contributed by atoms with Crippen LogP contribution in [0.5, 0.6) is 5.75 Å². The van der Waals surface area contributed by atoms with Crippen LogP contribution in [0.2, 0.25) is 0 Å². The lowest BCUT2D eigenvalue weighted by Crippen LogP contribution is -2.23. The third-order valence-corrected chi connectivity index (χ3v) is 5.12. The fourth-order valence-electron chi connectivity index (χ4n) is 2.51. The summed E-state index contributed by atoms with van der Waals surface area (Å²) in [6, 6.07) is 15.1. The van der Waals surface area contributed by atoms with Crippen LogP contribution in [0.4, 0.5) is 5.69 Å². The molecule has 7 nitrogen and oxygen atoms in total. The molecule has 0 radical (unpaired) electrons. The van der Waals surface area contributed by atoms with Crippen LogP contribution >= 0.6 is 11.8 Å². The molecule has 0 bridgehead atoms. The number of ether oxygens (including phenoxy) is 1. The van der Waals surface area contributed by atoms with E-state index in [4.69, 9.17) is 10.6 Å². The maximum Gasteiger partial charge on any atom is 0.237 e. The number of benzene rings is 2. The summed E-state index contributed by atoms with van der Waals surface area (Å²) in [5.41, 5.74) is 2.72. The Morgan fingerprint density at radius 1 is 1.18 bits per heavy atom. The van der Waals surface area contributed by atoms with Gasteiger partial charge in [-0.05, 0) is 57.2 Å². The minimum absolute atomic E-state index is 0.125. The zero-order chi connectivity index (χ0) is 20.1. The van der Waals surface area contributed by atoms with E-state index in [1.165, 1.54) is 16.4 Å². The SMILES string of the molecule is CCOc1ccc(-c2nnc(S[C@H](C)C(=O)Nc3ccc(C)cc3)n2N)cc1. The summed E-state index contributed by atoms with van der Waals surface area (Å²) < 4.78 is 6.84. The van der Waals surface area contributed by atoms with Crippen molar-refractivity contribution in [2.24, 2.45) is 0 Å². The second kappa shape index (κ2) is 8.79. The predicted molar refractivity (Wildman–Crippen MR) is 112 cm³/mol. The number of carbonyl (C=O) groups excluding carboxylic acids is 1. The van der Waals surface area contributed by atoms with E-state index in [1.807, 2.05) is 62.4 Å². The van der Waals surface area contributed by atoms with Crippen LogP contribution < -0.4 is 15.9 Å². The monoisotopic (exact) mass is 397 g/mol. The molecule has 0 aliphatic rings. The van der Waals surface area contributed by atoms with Gasteiger partial charge in [0.1, 0.15) is 5.75 Å². The van der Waals surface area contributed by atoms with Gasteiger partial charge in [-0.3, -0.25) is 4.79 Å². The Labute approximate surface area is 168 Å². The summed E-state index contributed by atoms with van der Waals surface area (Å²) in [6.45, 7) is 6.35. The number of nitrogens with one attached hydrogen (secondary N) is 1. The van der Waals surface area contributed by atoms with Gasteiger partial charge in [0.2, 0.25) is 11.1 Å². The van der Waals surface area contributed by atoms with Crippen LogP contribution in [-0.2, 0) is 4.79 Å². The highest BCUT2D eigenvalue weighted by Gasteiger charge is 2.20. The zero-order valence-electron chi connectivity index (χ0n) is 16.0. The van der Waals surface area contributed by atoms with E-state index in [9.17, 15) is 4.79 Å². The number of rotatable bonds is 7. The van der Waals surface area contributed by atoms with Gasteiger partial charge < -0.3 is 15.9 Å². The van der Waals surface area contributed by atoms with E-state index in [-0.39, 0.29) is 11.2 Å². The molecule has 0 saturated carbocycles. The van der Waals surface area contributed by atoms with Gasteiger partial charge >= 0.3 is 0 Å². The molecule has 3 rings (SSSR count). The smallest absolute Gasteiger partial charge is 0.237 e. The molecular formula is C20H23N5O2S. The fraction of sp³-hybridized carbons (Fsp3) is 0.250. The first kappa shape index (κ1) is 19.8. The molecular weight excluding hydrogens is 374 g/mol. The Kier molecular flexibility index (Phi) is 6.20. The molecule has 1 heterocycles. The summed E-state index contributed by atoms with van der Waals surface area (Å²) in [7, 11) is 0. The van der Waals surface area contributed by atoms with E-state index < -0.39 is 0 Å². The number of carbonyl (C=O) groups is 1. The number of anilines is 1. The van der Waals surface area contributed by atoms with Gasteiger partial charge in [0.25, 0.3) is 0 Å². The summed E-state index contributed by atoms with van der Waals surface area (Å²) in [5.74, 6) is 7.34. The van der Waals surface area contributed by atoms with Crippen molar-refractivity contribution in [2.45, 2.75) is 31.2 Å². The fourth-order valence-corrected chi connectivity index (χ4v) is 3.28. The van der Waals surface area contributed by atoms with Crippen LogP contribution in [0.15, 0.2) is 53.7 Å². The number of nitrogens with two attached hydrogens (primary N) is 1. The minimum Gasteiger partial charge on any atom is -0.494 e. The summed E-state index contributed by atoms with van der Waals surface area (Å²) in [4.78, 5) is 12.4. The molecule has 0 spiro atoms. The number of aryl methyl sites for hydroxylation is 1. The Morgan fingerprint density at radius 3 is 2.50 bits per heavy atom. The first-order valence-electron chi connectivity index (χ1n) is 8.96. The molecule has 1 atom stereocenters. The number of thioether (sulfide) groups is 1. The molecule has 0 saturated heterocycles. The van der Waals surface area contributed by atoms with Crippen molar-refractivity contribution in [3.8, 4) is 17.1 Å². The van der Waals surface area contributed by atoms with E-state index in [2.05, 4.69) is 15.5 Å². The third kappa shape index (κ3) is 4.64. The van der Waals surface area contributed by atoms with Crippen molar-refractivity contribution in [2.75, 3.05) is 17.8 Å². The van der Waals surface area contributed by atoms with Gasteiger partial charge in [0.15, 0.2) is 5.82 Å². The number of nitrogen functional groups attached to an aromatic ring is 1. The highest BCUT2D eigenvalue weighted by atomic mass is 32.2. The second-order valence-electron chi connectivity index (χ2n) is 6.25. The van der Waals surface area contributed by atoms with Gasteiger partial charge in [0.05, 0.1) is 11.9 Å². The largest absolute Gasteiger partial charge is 0.494 e. The summed E-state index contributed by atoms with van der Waals surface area (Å²) >= 11 is 1.26. The lowest BCUT2D eigenvalue weighted by Gasteiger charge is -2.12. The molecule has 0 aliphatic heterocycles. The van der Waals surface area contributed by atoms with E-state index in [0.717, 1.165) is 22.6 Å². The Morgan fingerprint density at radius 2 is 1.86 bits per heavy atom. The highest BCUT2D eigenvalue weighted by Crippen LogP contribution is 2.26. The minimum atomic E-state index is -0.388. The van der Waals surface area contributed by atoms with Gasteiger partial charge in [-0.15, -0.1) is 10.2 Å². The molecule has 0 unspecified atom stereocenters. The van der Waals surface area contributed by atoms with E-state index in [0.29, 0.717) is 17.6 Å². The van der Waals surface area contributed by atoms with Crippen molar-refractivity contribution in [3.05, 3.63) is 54.1 Å². The molecule has 28 heavy (non-hydrogen) atoms. The van der Waals surface area contributed by atoms with Gasteiger partial charge in [-0.25, -0.2) is 4.68 Å². The quantitative estimate of drug-likeness (QED) is 0.468. The number of amides is 1. The van der Waals surface area contributed by atoms with E-state index in [1.54, 1.807) is 6.92 Å². The molecule has 1 aromatic heterocycles. The normalized spacial score (nSPS) is 11.8. The first-order valence-corrected chi connectivity index (χ1v) is 9.83. The third-order valence-electron chi connectivity index (χ3n) is 4.06. The number of hydrogen-bond donors (Lipinski definition) is 2. The van der Waals surface area contributed by atoms with Gasteiger partial charge in [0, 0.05) is 11.3 Å². The molecule has 2 aromatic carbocycles. The summed E-state index contributed by atoms with van der Waals surface area (Å²) in [5, 5.41) is 11.3. The Balaban J connectivity index is 1.67. The van der Waals surface area contributed by atoms with Crippen LogP contribution in [0, 0.1) is 6.92 Å². The lowest BCUT2D eigenvalue weighted by atomic mass is 10.2. The standard InChI is InChI=1S/C20H23N5O2S/c1-4-27-17-11-7-15(8-12-17)18-23-24-20(25(18)21)28-14(3)19(26)22-16-9-5-13(2)6-10-16/h5-12,14H,4,21H2,1-3H3,(H,22,26)/t14-/m1/s1. The molecule has 1 amide bonds. The maximum atomic E-state index is 12.4. The molecule has 3 aromatic rings. The highest BCUT2D eigenvalue weighted by molar-refractivity contribution is 8.00. The maximum absolute atomic E-state index is 12.4. The van der Waals surface area contributed by atoms with Gasteiger partial charge in [-0.1, -0.05) is 29.5 Å². The van der Waals surface area contributed by atoms with Crippen molar-refractivity contribution in [1.82, 2.24) is 14.9 Å². The van der Waals surface area contributed by atoms with Crippen LogP contribution in [0.3, 0.4) is 0 Å². The second-order valence-corrected chi connectivity index (χ2v) is 7.56. The zero-order valence-corrected chi connectivity index (χ0v) is 16.9. The average Bonchev–Trinajstić information content (AvgIpc) is 3.05. The molecule has 3 N–H and O–H groups in total. The molecule has 0 fully saturated rings. The Bertz CT molecular complexity index is 938. The predicted octanol–water partition coefficient (Wildman–Crippen LogP) is 3.49. The topological polar surface area (TPSA) is 95.1 Å². The van der Waals surface area contributed by atoms with Crippen LogP contribution in [0.25, 0.3) is 11.4 Å². The van der Waals surface area contributed by atoms with Gasteiger partial charge in [-0.2, -0.15) is 0 Å². The number of nitrogens with zero attached hydrogens (tertiary/aromatic N) is 3. The van der Waals surface area contributed by atoms with Crippen LogP contribution in [0.1, 0.15) is 19.4 Å². The Hall–Kier alpha value is -3.00. The van der Waals surface area contributed by atoms with Crippen molar-refractivity contribution >= 4 is 23.4 Å². The molecule has 146 valence electrons. The van der Waals surface area contributed by atoms with Crippen molar-refractivity contribution < 1.29 is 9.53 Å². The lowest BCUT2D eigenvalue weighted by molar-refractivity contribution is -0.115. The van der Waals surface area contributed by atoms with Crippen molar-refractivity contribution in [3.63, 3.8) is 0 Å². The average molecular weight is 398 g/mol. The number of aromatic nitrogens is 3. The van der Waals surface area contributed by atoms with E-state index >= 15 is 0 Å². The first-order chi connectivity index (χ1) is 13.5.